The zero-order chi connectivity index (χ0) is 13.2. The Labute approximate surface area is 112 Å². The quantitative estimate of drug-likeness (QED) is 0.539. The van der Waals surface area contributed by atoms with E-state index in [1.807, 2.05) is 18.2 Å². The fourth-order valence-corrected chi connectivity index (χ4v) is 2.34. The largest absolute Gasteiger partial charge is 0.325 e. The van der Waals surface area contributed by atoms with Gasteiger partial charge in [0.2, 0.25) is 5.96 Å². The summed E-state index contributed by atoms with van der Waals surface area (Å²) in [5.41, 5.74) is 7.19. The van der Waals surface area contributed by atoms with E-state index in [9.17, 15) is 0 Å². The van der Waals surface area contributed by atoms with Crippen molar-refractivity contribution in [1.82, 2.24) is 5.43 Å². The highest BCUT2D eigenvalue weighted by atomic mass is 15.3. The van der Waals surface area contributed by atoms with Gasteiger partial charge in [0.05, 0.1) is 0 Å². The molecule has 1 aliphatic heterocycles. The van der Waals surface area contributed by atoms with E-state index in [2.05, 4.69) is 53.0 Å². The van der Waals surface area contributed by atoms with Crippen molar-refractivity contribution in [3.63, 3.8) is 0 Å². The fourth-order valence-electron chi connectivity index (χ4n) is 2.34. The lowest BCUT2D eigenvalue weighted by molar-refractivity contribution is 0.835. The number of hydrogen-bond acceptors (Lipinski definition) is 4. The standard InChI is InChI=1S/C15H16N4/c1-10-7-8-13-12(9-10)14(18-15(17-13)19-16)11-5-3-2-4-6-11/h2-9,14H,16H2,1H3,(H2,17,18,19). The number of aliphatic imine (C=N–C) groups is 1. The number of fused-ring (bicyclic) bond motifs is 1. The number of guanidine groups is 1. The van der Waals surface area contributed by atoms with Gasteiger partial charge in [0, 0.05) is 11.3 Å². The van der Waals surface area contributed by atoms with Crippen molar-refractivity contribution in [3.8, 4) is 0 Å². The van der Waals surface area contributed by atoms with Crippen molar-refractivity contribution in [2.24, 2.45) is 10.8 Å². The number of aryl methyl sites for hydroxylation is 1. The highest BCUT2D eigenvalue weighted by molar-refractivity contribution is 5.96. The normalized spacial score (nSPS) is 17.2. The number of nitrogens with two attached hydrogens (primary N) is 1. The molecule has 0 amide bonds. The molecular weight excluding hydrogens is 236 g/mol. The molecule has 0 saturated carbocycles. The Kier molecular flexibility index (Phi) is 2.93. The zero-order valence-electron chi connectivity index (χ0n) is 10.7. The molecule has 3 rings (SSSR count). The molecule has 0 aliphatic carbocycles. The van der Waals surface area contributed by atoms with E-state index in [-0.39, 0.29) is 6.04 Å². The molecule has 0 bridgehead atoms. The van der Waals surface area contributed by atoms with Crippen LogP contribution in [0.15, 0.2) is 53.5 Å². The smallest absolute Gasteiger partial charge is 0.211 e. The molecular formula is C15H16N4. The highest BCUT2D eigenvalue weighted by Crippen LogP contribution is 2.34. The second-order valence-electron chi connectivity index (χ2n) is 4.65. The van der Waals surface area contributed by atoms with Crippen LogP contribution in [0, 0.1) is 6.92 Å². The summed E-state index contributed by atoms with van der Waals surface area (Å²) in [6, 6.07) is 16.5. The first-order valence-corrected chi connectivity index (χ1v) is 6.25. The molecule has 2 aromatic carbocycles. The van der Waals surface area contributed by atoms with Crippen molar-refractivity contribution in [1.29, 1.82) is 0 Å². The summed E-state index contributed by atoms with van der Waals surface area (Å²) < 4.78 is 0. The lowest BCUT2D eigenvalue weighted by Gasteiger charge is -2.25. The van der Waals surface area contributed by atoms with E-state index in [0.29, 0.717) is 5.96 Å². The average Bonchev–Trinajstić information content (AvgIpc) is 2.47. The lowest BCUT2D eigenvalue weighted by atomic mass is 9.95. The number of rotatable bonds is 1. The minimum atomic E-state index is -0.0246. The molecule has 2 aromatic rings. The van der Waals surface area contributed by atoms with Gasteiger partial charge in [-0.25, -0.2) is 10.8 Å². The molecule has 4 N–H and O–H groups in total. The summed E-state index contributed by atoms with van der Waals surface area (Å²) in [5.74, 6) is 6.08. The minimum Gasteiger partial charge on any atom is -0.325 e. The fraction of sp³-hybridized carbons (Fsp3) is 0.133. The van der Waals surface area contributed by atoms with Crippen LogP contribution in [0.5, 0.6) is 0 Å². The Morgan fingerprint density at radius 2 is 1.95 bits per heavy atom. The summed E-state index contributed by atoms with van der Waals surface area (Å²) in [6.07, 6.45) is 0. The van der Waals surface area contributed by atoms with Crippen LogP contribution in [0.25, 0.3) is 0 Å². The van der Waals surface area contributed by atoms with Crippen LogP contribution in [0.2, 0.25) is 0 Å². The van der Waals surface area contributed by atoms with Crippen LogP contribution in [0.3, 0.4) is 0 Å². The Balaban J connectivity index is 2.13. The van der Waals surface area contributed by atoms with Gasteiger partial charge in [-0.1, -0.05) is 48.0 Å². The van der Waals surface area contributed by atoms with Crippen molar-refractivity contribution >= 4 is 11.6 Å². The third-order valence-corrected chi connectivity index (χ3v) is 3.26. The predicted octanol–water partition coefficient (Wildman–Crippen LogP) is 2.33. The number of nitrogens with zero attached hydrogens (tertiary/aromatic N) is 1. The maximum absolute atomic E-state index is 5.49. The van der Waals surface area contributed by atoms with Crippen LogP contribution in [0.1, 0.15) is 22.7 Å². The summed E-state index contributed by atoms with van der Waals surface area (Å²) in [5, 5.41) is 3.19. The second kappa shape index (κ2) is 4.74. The molecule has 4 nitrogen and oxygen atoms in total. The topological polar surface area (TPSA) is 62.4 Å². The summed E-state index contributed by atoms with van der Waals surface area (Å²) in [4.78, 5) is 4.62. The van der Waals surface area contributed by atoms with Gasteiger partial charge in [-0.15, -0.1) is 0 Å². The number of benzene rings is 2. The van der Waals surface area contributed by atoms with Gasteiger partial charge in [-0.05, 0) is 18.6 Å². The number of hydrazine groups is 1. The number of anilines is 1. The van der Waals surface area contributed by atoms with E-state index in [4.69, 9.17) is 5.84 Å². The number of hydrogen-bond donors (Lipinski definition) is 3. The maximum Gasteiger partial charge on any atom is 0.211 e. The van der Waals surface area contributed by atoms with Gasteiger partial charge < -0.3 is 5.32 Å². The SMILES string of the molecule is Cc1ccc2c(c1)C(c1ccccc1)N=C(NN)N2. The Bertz CT molecular complexity index is 619. The van der Waals surface area contributed by atoms with Crippen molar-refractivity contribution < 1.29 is 0 Å². The van der Waals surface area contributed by atoms with Crippen molar-refractivity contribution in [2.45, 2.75) is 13.0 Å². The maximum atomic E-state index is 5.49. The summed E-state index contributed by atoms with van der Waals surface area (Å²) >= 11 is 0. The third kappa shape index (κ3) is 2.18. The molecule has 0 spiro atoms. The molecule has 1 atom stereocenters. The molecule has 0 fully saturated rings. The van der Waals surface area contributed by atoms with Gasteiger partial charge in [0.25, 0.3) is 0 Å². The summed E-state index contributed by atoms with van der Waals surface area (Å²) in [7, 11) is 0. The van der Waals surface area contributed by atoms with Gasteiger partial charge >= 0.3 is 0 Å². The average molecular weight is 252 g/mol. The Morgan fingerprint density at radius 1 is 1.16 bits per heavy atom. The van der Waals surface area contributed by atoms with Crippen LogP contribution < -0.4 is 16.6 Å². The van der Waals surface area contributed by atoms with E-state index in [1.165, 1.54) is 11.1 Å². The van der Waals surface area contributed by atoms with E-state index in [1.54, 1.807) is 0 Å². The van der Waals surface area contributed by atoms with Gasteiger partial charge in [-0.3, -0.25) is 5.43 Å². The monoisotopic (exact) mass is 252 g/mol. The first-order valence-electron chi connectivity index (χ1n) is 6.25. The molecule has 1 aliphatic rings. The molecule has 0 saturated heterocycles. The van der Waals surface area contributed by atoms with Crippen LogP contribution in [-0.4, -0.2) is 5.96 Å². The molecule has 0 radical (unpaired) electrons. The van der Waals surface area contributed by atoms with Crippen molar-refractivity contribution in [2.75, 3.05) is 5.32 Å². The van der Waals surface area contributed by atoms with Crippen LogP contribution >= 0.6 is 0 Å². The zero-order valence-corrected chi connectivity index (χ0v) is 10.7. The Morgan fingerprint density at radius 3 is 2.68 bits per heavy atom. The number of nitrogens with one attached hydrogen (secondary N) is 2. The first kappa shape index (κ1) is 11.7. The van der Waals surface area contributed by atoms with Gasteiger partial charge in [0.1, 0.15) is 6.04 Å². The molecule has 1 heterocycles. The lowest BCUT2D eigenvalue weighted by Crippen LogP contribution is -2.38. The first-order chi connectivity index (χ1) is 9.28. The van der Waals surface area contributed by atoms with Gasteiger partial charge in [0.15, 0.2) is 0 Å². The second-order valence-corrected chi connectivity index (χ2v) is 4.65. The summed E-state index contributed by atoms with van der Waals surface area (Å²) in [6.45, 7) is 2.09. The molecule has 1 unspecified atom stereocenters. The molecule has 19 heavy (non-hydrogen) atoms. The third-order valence-electron chi connectivity index (χ3n) is 3.26. The van der Waals surface area contributed by atoms with Crippen LogP contribution in [-0.2, 0) is 0 Å². The Hall–Kier alpha value is -2.33. The van der Waals surface area contributed by atoms with E-state index < -0.39 is 0 Å². The highest BCUT2D eigenvalue weighted by Gasteiger charge is 2.22. The van der Waals surface area contributed by atoms with Crippen LogP contribution in [0.4, 0.5) is 5.69 Å². The van der Waals surface area contributed by atoms with E-state index >= 15 is 0 Å². The molecule has 4 heteroatoms. The molecule has 0 aromatic heterocycles. The minimum absolute atomic E-state index is 0.0246. The van der Waals surface area contributed by atoms with Crippen molar-refractivity contribution in [3.05, 3.63) is 65.2 Å². The predicted molar refractivity (Wildman–Crippen MR) is 77.8 cm³/mol. The van der Waals surface area contributed by atoms with Gasteiger partial charge in [-0.2, -0.15) is 0 Å². The van der Waals surface area contributed by atoms with E-state index in [0.717, 1.165) is 11.3 Å². The molecule has 96 valence electrons.